The number of hydrogen-bond donors (Lipinski definition) is 1. The first kappa shape index (κ1) is 28.7. The summed E-state index contributed by atoms with van der Waals surface area (Å²) in [4.78, 5) is 28.6. The van der Waals surface area contributed by atoms with Crippen molar-refractivity contribution in [3.8, 4) is 11.5 Å². The second kappa shape index (κ2) is 12.1. The van der Waals surface area contributed by atoms with Crippen molar-refractivity contribution in [3.63, 3.8) is 0 Å². The Morgan fingerprint density at radius 1 is 1.16 bits per heavy atom. The second-order valence-corrected chi connectivity index (χ2v) is 12.6. The van der Waals surface area contributed by atoms with Crippen LogP contribution in [0, 0.1) is 6.92 Å². The highest BCUT2D eigenvalue weighted by molar-refractivity contribution is 8.00. The predicted octanol–water partition coefficient (Wildman–Crippen LogP) is 6.65. The first-order valence-corrected chi connectivity index (χ1v) is 15.6. The molecule has 218 valence electrons. The first-order chi connectivity index (χ1) is 20.8. The summed E-state index contributed by atoms with van der Waals surface area (Å²) in [5.41, 5.74) is 4.25. The molecule has 2 aliphatic heterocycles. The minimum Gasteiger partial charge on any atom is -0.507 e. The fourth-order valence-corrected chi connectivity index (χ4v) is 7.01. The summed E-state index contributed by atoms with van der Waals surface area (Å²) in [7, 11) is 0. The van der Waals surface area contributed by atoms with Crippen molar-refractivity contribution in [1.29, 1.82) is 0 Å². The van der Waals surface area contributed by atoms with E-state index in [1.807, 2.05) is 19.9 Å². The Hall–Kier alpha value is -4.41. The number of ketones is 1. The lowest BCUT2D eigenvalue weighted by Crippen LogP contribution is -2.29. The molecule has 2 atom stereocenters. The number of Topliss-reactive ketones (excluding diaryl/α,β-unsaturated/α-hetero) is 1. The molecule has 0 bridgehead atoms. The lowest BCUT2D eigenvalue weighted by molar-refractivity contribution is -0.132. The zero-order valence-corrected chi connectivity index (χ0v) is 25.3. The topological polar surface area (TPSA) is 102 Å². The van der Waals surface area contributed by atoms with Crippen LogP contribution in [-0.2, 0) is 21.8 Å². The Kier molecular flexibility index (Phi) is 8.05. The number of carbonyl (C=O) groups excluding carboxylic acids is 2. The number of ether oxygens (including phenoxy) is 2. The molecular formula is C33H29N3O5S2. The van der Waals surface area contributed by atoms with Gasteiger partial charge in [-0.25, -0.2) is 0 Å². The summed E-state index contributed by atoms with van der Waals surface area (Å²) >= 11 is 2.73. The number of rotatable bonds is 9. The van der Waals surface area contributed by atoms with Crippen molar-refractivity contribution in [2.24, 2.45) is 0 Å². The normalized spacial score (nSPS) is 18.9. The summed E-state index contributed by atoms with van der Waals surface area (Å²) < 4.78 is 12.2. The molecule has 1 aromatic heterocycles. The SMILES string of the molecule is C=CCOc1cccc([C@H]2C(=C(O)c3ccc4c(c3)C[C@H](C)O4)C(=O)C(=O)N2c2nnc(SCc3ccc(C)cc3)s2)c1. The molecule has 0 saturated carbocycles. The van der Waals surface area contributed by atoms with Gasteiger partial charge in [0.25, 0.3) is 5.78 Å². The molecule has 4 aromatic rings. The molecule has 2 aliphatic rings. The Bertz CT molecular complexity index is 1750. The zero-order valence-electron chi connectivity index (χ0n) is 23.6. The van der Waals surface area contributed by atoms with E-state index in [1.54, 1.807) is 42.5 Å². The summed E-state index contributed by atoms with van der Waals surface area (Å²) in [6.07, 6.45) is 2.34. The molecule has 1 fully saturated rings. The highest BCUT2D eigenvalue weighted by Crippen LogP contribution is 2.45. The molecule has 0 spiro atoms. The Morgan fingerprint density at radius 2 is 1.98 bits per heavy atom. The first-order valence-electron chi connectivity index (χ1n) is 13.8. The molecule has 3 heterocycles. The molecule has 1 N–H and O–H groups in total. The largest absolute Gasteiger partial charge is 0.507 e. The minimum absolute atomic E-state index is 0.0201. The van der Waals surface area contributed by atoms with Gasteiger partial charge in [-0.05, 0) is 60.9 Å². The van der Waals surface area contributed by atoms with E-state index in [1.165, 1.54) is 33.6 Å². The highest BCUT2D eigenvalue weighted by atomic mass is 32.2. The number of carbonyl (C=O) groups is 2. The number of hydrogen-bond acceptors (Lipinski definition) is 9. The highest BCUT2D eigenvalue weighted by Gasteiger charge is 2.48. The van der Waals surface area contributed by atoms with Crippen molar-refractivity contribution < 1.29 is 24.2 Å². The van der Waals surface area contributed by atoms with E-state index in [2.05, 4.69) is 41.0 Å². The molecule has 0 unspecified atom stereocenters. The Labute approximate surface area is 257 Å². The quantitative estimate of drug-likeness (QED) is 0.0561. The summed E-state index contributed by atoms with van der Waals surface area (Å²) in [6.45, 7) is 8.00. The molecule has 43 heavy (non-hydrogen) atoms. The third-order valence-electron chi connectivity index (χ3n) is 7.24. The van der Waals surface area contributed by atoms with Crippen LogP contribution in [0.2, 0.25) is 0 Å². The number of aromatic nitrogens is 2. The number of thioether (sulfide) groups is 1. The Balaban J connectivity index is 1.39. The third-order valence-corrected chi connectivity index (χ3v) is 9.37. The monoisotopic (exact) mass is 611 g/mol. The van der Waals surface area contributed by atoms with E-state index in [-0.39, 0.29) is 29.2 Å². The van der Waals surface area contributed by atoms with Crippen LogP contribution in [-0.4, -0.2) is 39.7 Å². The molecule has 0 radical (unpaired) electrons. The van der Waals surface area contributed by atoms with Crippen molar-refractivity contribution in [1.82, 2.24) is 10.2 Å². The second-order valence-electron chi connectivity index (χ2n) is 10.4. The van der Waals surface area contributed by atoms with Gasteiger partial charge in [0.2, 0.25) is 5.13 Å². The molecule has 3 aromatic carbocycles. The summed E-state index contributed by atoms with van der Waals surface area (Å²) in [6, 6.07) is 19.7. The zero-order chi connectivity index (χ0) is 30.1. The van der Waals surface area contributed by atoms with Crippen LogP contribution in [0.25, 0.3) is 5.76 Å². The van der Waals surface area contributed by atoms with Crippen molar-refractivity contribution in [2.75, 3.05) is 11.5 Å². The molecule has 8 nitrogen and oxygen atoms in total. The van der Waals surface area contributed by atoms with Crippen LogP contribution in [0.3, 0.4) is 0 Å². The number of aryl methyl sites for hydroxylation is 1. The van der Waals surface area contributed by atoms with Gasteiger partial charge in [0.1, 0.15) is 30.0 Å². The van der Waals surface area contributed by atoms with Gasteiger partial charge in [0.15, 0.2) is 4.34 Å². The van der Waals surface area contributed by atoms with Crippen LogP contribution in [0.1, 0.15) is 40.8 Å². The maximum absolute atomic E-state index is 13.6. The number of aliphatic hydroxyl groups is 1. The van der Waals surface area contributed by atoms with Crippen LogP contribution in [0.5, 0.6) is 11.5 Å². The minimum atomic E-state index is -0.946. The number of nitrogens with zero attached hydrogens (tertiary/aromatic N) is 3. The third kappa shape index (κ3) is 5.80. The Morgan fingerprint density at radius 3 is 2.77 bits per heavy atom. The van der Waals surface area contributed by atoms with Gasteiger partial charge in [-0.1, -0.05) is 77.7 Å². The predicted molar refractivity (Wildman–Crippen MR) is 168 cm³/mol. The van der Waals surface area contributed by atoms with Crippen LogP contribution >= 0.6 is 23.1 Å². The summed E-state index contributed by atoms with van der Waals surface area (Å²) in [5.74, 6) is 0.128. The van der Waals surface area contributed by atoms with Gasteiger partial charge in [-0.15, -0.1) is 10.2 Å². The van der Waals surface area contributed by atoms with Gasteiger partial charge in [-0.3, -0.25) is 14.5 Å². The van der Waals surface area contributed by atoms with Crippen LogP contribution < -0.4 is 14.4 Å². The van der Waals surface area contributed by atoms with Gasteiger partial charge >= 0.3 is 5.91 Å². The van der Waals surface area contributed by atoms with Gasteiger partial charge < -0.3 is 14.6 Å². The number of fused-ring (bicyclic) bond motifs is 1. The average molecular weight is 612 g/mol. The standard InChI is InChI=1S/C33H29N3O5S2/c1-4-14-40-25-7-5-6-22(17-25)28-27(29(37)23-12-13-26-24(16-23)15-20(3)41-26)30(38)31(39)36(28)32-34-35-33(43-32)42-18-21-10-8-19(2)9-11-21/h4-13,16-17,20,28,37H,1,14-15,18H2,2-3H3/t20-,28-/m0/s1. The van der Waals surface area contributed by atoms with Crippen molar-refractivity contribution in [3.05, 3.63) is 113 Å². The van der Waals surface area contributed by atoms with E-state index in [0.29, 0.717) is 33.4 Å². The van der Waals surface area contributed by atoms with E-state index < -0.39 is 17.7 Å². The maximum atomic E-state index is 13.6. The molecule has 1 amide bonds. The molecule has 10 heteroatoms. The fraction of sp³-hybridized carbons (Fsp3) is 0.212. The lowest BCUT2D eigenvalue weighted by atomic mass is 9.94. The van der Waals surface area contributed by atoms with Crippen LogP contribution in [0.4, 0.5) is 5.13 Å². The molecule has 6 rings (SSSR count). The van der Waals surface area contributed by atoms with Gasteiger partial charge in [0.05, 0.1) is 11.6 Å². The van der Waals surface area contributed by atoms with Crippen LogP contribution in [0.15, 0.2) is 89.3 Å². The van der Waals surface area contributed by atoms with E-state index >= 15 is 0 Å². The van der Waals surface area contributed by atoms with Crippen molar-refractivity contribution >= 4 is 45.7 Å². The fourth-order valence-electron chi connectivity index (χ4n) is 5.19. The number of benzene rings is 3. The van der Waals surface area contributed by atoms with E-state index in [9.17, 15) is 14.7 Å². The maximum Gasteiger partial charge on any atom is 0.301 e. The van der Waals surface area contributed by atoms with Crippen molar-refractivity contribution in [2.45, 2.75) is 42.5 Å². The average Bonchev–Trinajstić information content (AvgIpc) is 3.70. The molecule has 0 aliphatic carbocycles. The van der Waals surface area contributed by atoms with Gasteiger partial charge in [0, 0.05) is 17.7 Å². The smallest absolute Gasteiger partial charge is 0.301 e. The molecular weight excluding hydrogens is 583 g/mol. The summed E-state index contributed by atoms with van der Waals surface area (Å²) in [5, 5.41) is 20.5. The lowest BCUT2D eigenvalue weighted by Gasteiger charge is -2.23. The number of anilines is 1. The molecule has 1 saturated heterocycles. The van der Waals surface area contributed by atoms with Gasteiger partial charge in [-0.2, -0.15) is 0 Å². The number of amides is 1. The van der Waals surface area contributed by atoms with E-state index in [0.717, 1.165) is 16.9 Å². The van der Waals surface area contributed by atoms with E-state index in [4.69, 9.17) is 9.47 Å². The number of aliphatic hydroxyl groups excluding tert-OH is 1.